The quantitative estimate of drug-likeness (QED) is 0.832. The molecule has 3 heterocycles. The van der Waals surface area contributed by atoms with Crippen LogP contribution in [0, 0.1) is 5.92 Å². The molecular weight excluding hydrogens is 318 g/mol. The van der Waals surface area contributed by atoms with E-state index in [4.69, 9.17) is 10.2 Å². The number of nitrogens with one attached hydrogen (secondary N) is 1. The predicted octanol–water partition coefficient (Wildman–Crippen LogP) is 0.932. The van der Waals surface area contributed by atoms with Gasteiger partial charge in [0.05, 0.1) is 15.3 Å². The van der Waals surface area contributed by atoms with E-state index in [1.165, 1.54) is 6.07 Å². The van der Waals surface area contributed by atoms with Crippen molar-refractivity contribution in [3.05, 3.63) is 23.2 Å². The van der Waals surface area contributed by atoms with Crippen LogP contribution in [0.2, 0.25) is 0 Å². The van der Waals surface area contributed by atoms with Crippen molar-refractivity contribution < 1.29 is 18.2 Å². The van der Waals surface area contributed by atoms with Crippen molar-refractivity contribution in [3.8, 4) is 0 Å². The molecular formula is C15H21N3O4S. The first-order valence-corrected chi connectivity index (χ1v) is 9.74. The molecule has 0 bridgehead atoms. The summed E-state index contributed by atoms with van der Waals surface area (Å²) in [6, 6.07) is 1.41. The molecule has 0 atom stereocenters. The molecule has 1 aromatic heterocycles. The highest BCUT2D eigenvalue weighted by Gasteiger charge is 2.26. The number of nitrogens with two attached hydrogens (primary N) is 1. The zero-order valence-corrected chi connectivity index (χ0v) is 13.7. The molecule has 0 saturated carbocycles. The van der Waals surface area contributed by atoms with Crippen molar-refractivity contribution in [2.24, 2.45) is 16.0 Å². The second kappa shape index (κ2) is 6.45. The van der Waals surface area contributed by atoms with Crippen LogP contribution < -0.4 is 11.1 Å². The largest absolute Gasteiger partial charge is 0.455 e. The summed E-state index contributed by atoms with van der Waals surface area (Å²) < 4.78 is 22.1. The minimum absolute atomic E-state index is 0.00396. The maximum atomic E-state index is 12.7. The fourth-order valence-corrected chi connectivity index (χ4v) is 5.11. The van der Waals surface area contributed by atoms with Crippen molar-refractivity contribution in [3.63, 3.8) is 0 Å². The number of furan rings is 1. The third-order valence-electron chi connectivity index (χ3n) is 4.40. The highest BCUT2D eigenvalue weighted by Crippen LogP contribution is 2.23. The molecule has 0 aliphatic carbocycles. The summed E-state index contributed by atoms with van der Waals surface area (Å²) in [6.07, 6.45) is 2.80. The zero-order chi connectivity index (χ0) is 16.4. The second-order valence-corrected chi connectivity index (χ2v) is 8.61. The molecule has 2 aliphatic heterocycles. The second-order valence-electron chi connectivity index (χ2n) is 6.06. The molecule has 0 spiro atoms. The van der Waals surface area contributed by atoms with E-state index in [2.05, 4.69) is 9.68 Å². The van der Waals surface area contributed by atoms with Crippen LogP contribution in [0.25, 0.3) is 0 Å². The Morgan fingerprint density at radius 1 is 1.43 bits per heavy atom. The van der Waals surface area contributed by atoms with E-state index < -0.39 is 15.6 Å². The molecule has 0 aromatic carbocycles. The molecule has 23 heavy (non-hydrogen) atoms. The van der Waals surface area contributed by atoms with Crippen molar-refractivity contribution in [2.45, 2.75) is 25.7 Å². The Morgan fingerprint density at radius 2 is 2.17 bits per heavy atom. The van der Waals surface area contributed by atoms with E-state index >= 15 is 0 Å². The van der Waals surface area contributed by atoms with Crippen LogP contribution in [-0.2, 0) is 16.1 Å². The average Bonchev–Trinajstić information content (AvgIpc) is 2.89. The molecule has 126 valence electrons. The minimum Gasteiger partial charge on any atom is -0.455 e. The standard InChI is InChI=1S/C15H21N3O4S/c16-9-10-3-6-23(21,7-4-10)18-15(20)13-8-11-12(22-13)2-1-5-17-14(11)19/h8,10H,1-7,9,16H2,(H,17,19). The van der Waals surface area contributed by atoms with E-state index in [-0.39, 0.29) is 11.7 Å². The molecule has 3 rings (SSSR count). The van der Waals surface area contributed by atoms with Gasteiger partial charge < -0.3 is 15.5 Å². The van der Waals surface area contributed by atoms with Crippen LogP contribution in [0.4, 0.5) is 0 Å². The molecule has 7 nitrogen and oxygen atoms in total. The maximum absolute atomic E-state index is 12.7. The van der Waals surface area contributed by atoms with Gasteiger partial charge in [0.15, 0.2) is 5.76 Å². The number of amides is 2. The molecule has 3 N–H and O–H groups in total. The van der Waals surface area contributed by atoms with Crippen LogP contribution in [0.3, 0.4) is 0 Å². The summed E-state index contributed by atoms with van der Waals surface area (Å²) in [7, 11) is -2.54. The third kappa shape index (κ3) is 3.48. The summed E-state index contributed by atoms with van der Waals surface area (Å²) in [5.41, 5.74) is 6.00. The smallest absolute Gasteiger partial charge is 0.320 e. The fourth-order valence-electron chi connectivity index (χ4n) is 2.93. The monoisotopic (exact) mass is 339 g/mol. The Kier molecular flexibility index (Phi) is 4.54. The highest BCUT2D eigenvalue weighted by molar-refractivity contribution is 7.93. The lowest BCUT2D eigenvalue weighted by atomic mass is 10.0. The van der Waals surface area contributed by atoms with E-state index in [1.54, 1.807) is 0 Å². The summed E-state index contributed by atoms with van der Waals surface area (Å²) in [5, 5.41) is 2.74. The minimum atomic E-state index is -2.54. The van der Waals surface area contributed by atoms with Crippen LogP contribution in [-0.4, -0.2) is 40.6 Å². The maximum Gasteiger partial charge on any atom is 0.320 e. The van der Waals surface area contributed by atoms with Crippen molar-refractivity contribution >= 4 is 21.5 Å². The van der Waals surface area contributed by atoms with E-state index in [1.807, 2.05) is 0 Å². The third-order valence-corrected chi connectivity index (χ3v) is 6.65. The first-order chi connectivity index (χ1) is 11.0. The van der Waals surface area contributed by atoms with Crippen molar-refractivity contribution in [1.82, 2.24) is 5.32 Å². The summed E-state index contributed by atoms with van der Waals surface area (Å²) in [6.45, 7) is 1.16. The summed E-state index contributed by atoms with van der Waals surface area (Å²) in [5.74, 6) is 0.757. The van der Waals surface area contributed by atoms with Gasteiger partial charge in [0.2, 0.25) is 0 Å². The van der Waals surface area contributed by atoms with Gasteiger partial charge in [-0.1, -0.05) is 0 Å². The molecule has 1 aromatic rings. The molecule has 0 unspecified atom stereocenters. The Balaban J connectivity index is 1.82. The summed E-state index contributed by atoms with van der Waals surface area (Å²) >= 11 is 0. The lowest BCUT2D eigenvalue weighted by Crippen LogP contribution is -2.28. The zero-order valence-electron chi connectivity index (χ0n) is 12.9. The number of carbonyl (C=O) groups is 2. The number of hydrogen-bond acceptors (Lipinski definition) is 5. The van der Waals surface area contributed by atoms with Gasteiger partial charge in [-0.3, -0.25) is 9.59 Å². The first kappa shape index (κ1) is 16.2. The Hall–Kier alpha value is -1.67. The van der Waals surface area contributed by atoms with Gasteiger partial charge in [-0.25, -0.2) is 4.21 Å². The topological polar surface area (TPSA) is 115 Å². The fraction of sp³-hybridized carbons (Fsp3) is 0.600. The number of hydrogen-bond donors (Lipinski definition) is 2. The van der Waals surface area contributed by atoms with Gasteiger partial charge in [-0.05, 0) is 31.7 Å². The van der Waals surface area contributed by atoms with E-state index in [0.717, 1.165) is 19.3 Å². The van der Waals surface area contributed by atoms with Crippen LogP contribution in [0.1, 0.15) is 45.9 Å². The van der Waals surface area contributed by atoms with Gasteiger partial charge >= 0.3 is 5.91 Å². The molecule has 2 amide bonds. The SMILES string of the molecule is NCC1CCS(=O)(=NC(=O)c2cc3c(o2)CCCNC3=O)CC1. The Labute approximate surface area is 135 Å². The van der Waals surface area contributed by atoms with Gasteiger partial charge in [0.1, 0.15) is 5.76 Å². The van der Waals surface area contributed by atoms with E-state index in [0.29, 0.717) is 48.3 Å². The first-order valence-electron chi connectivity index (χ1n) is 7.88. The highest BCUT2D eigenvalue weighted by atomic mass is 32.2. The Morgan fingerprint density at radius 3 is 2.87 bits per heavy atom. The molecule has 1 fully saturated rings. The lowest BCUT2D eigenvalue weighted by molar-refractivity contribution is 0.0953. The Bertz CT molecular complexity index is 732. The van der Waals surface area contributed by atoms with Gasteiger partial charge in [-0.15, -0.1) is 0 Å². The molecule has 8 heteroatoms. The van der Waals surface area contributed by atoms with E-state index in [9.17, 15) is 13.8 Å². The summed E-state index contributed by atoms with van der Waals surface area (Å²) in [4.78, 5) is 24.2. The number of carbonyl (C=O) groups excluding carboxylic acids is 2. The molecule has 1 saturated heterocycles. The van der Waals surface area contributed by atoms with Crippen molar-refractivity contribution in [1.29, 1.82) is 0 Å². The van der Waals surface area contributed by atoms with Crippen molar-refractivity contribution in [2.75, 3.05) is 24.6 Å². The number of nitrogens with zero attached hydrogens (tertiary/aromatic N) is 1. The lowest BCUT2D eigenvalue weighted by Gasteiger charge is -2.22. The number of aryl methyl sites for hydroxylation is 1. The van der Waals surface area contributed by atoms with Gasteiger partial charge in [-0.2, -0.15) is 4.36 Å². The van der Waals surface area contributed by atoms with Gasteiger partial charge in [0.25, 0.3) is 5.91 Å². The van der Waals surface area contributed by atoms with Gasteiger partial charge in [0, 0.05) is 30.5 Å². The van der Waals surface area contributed by atoms with Crippen LogP contribution >= 0.6 is 0 Å². The predicted molar refractivity (Wildman–Crippen MR) is 85.8 cm³/mol. The normalized spacial score (nSPS) is 27.7. The number of rotatable bonds is 2. The molecule has 2 aliphatic rings. The van der Waals surface area contributed by atoms with Crippen LogP contribution in [0.5, 0.6) is 0 Å². The number of fused-ring (bicyclic) bond motifs is 1. The molecule has 0 radical (unpaired) electrons. The van der Waals surface area contributed by atoms with Crippen LogP contribution in [0.15, 0.2) is 14.8 Å². The average molecular weight is 339 g/mol.